The number of hydrogen-bond acceptors (Lipinski definition) is 4. The topological polar surface area (TPSA) is 90.0 Å². The molecule has 1 amide bonds. The molecular formula is C24H26N4O2. The Bertz CT molecular complexity index is 1080. The van der Waals surface area contributed by atoms with Crippen molar-refractivity contribution in [3.8, 4) is 11.3 Å². The maximum Gasteiger partial charge on any atom is 0.260 e. The molecule has 0 bridgehead atoms. The molecule has 0 saturated heterocycles. The Balaban J connectivity index is 1.66. The number of fused-ring (bicyclic) bond motifs is 1. The zero-order valence-electron chi connectivity index (χ0n) is 16.9. The molecule has 30 heavy (non-hydrogen) atoms. The summed E-state index contributed by atoms with van der Waals surface area (Å²) in [6.07, 6.45) is 4.64. The number of nitrogens with zero attached hydrogens (tertiary/aromatic N) is 2. The average Bonchev–Trinajstić information content (AvgIpc) is 3.26. The molecule has 0 radical (unpaired) electrons. The zero-order valence-corrected chi connectivity index (χ0v) is 16.9. The summed E-state index contributed by atoms with van der Waals surface area (Å²) >= 11 is 0. The molecule has 1 atom stereocenters. The molecular weight excluding hydrogens is 376 g/mol. The van der Waals surface area contributed by atoms with E-state index in [1.165, 1.54) is 0 Å². The van der Waals surface area contributed by atoms with Crippen LogP contribution in [0.3, 0.4) is 0 Å². The Hall–Kier alpha value is -3.25. The third-order valence-electron chi connectivity index (χ3n) is 5.56. The highest BCUT2D eigenvalue weighted by molar-refractivity contribution is 5.96. The fourth-order valence-electron chi connectivity index (χ4n) is 4.10. The highest BCUT2D eigenvalue weighted by Gasteiger charge is 2.25. The molecule has 2 aromatic heterocycles. The second-order valence-electron chi connectivity index (χ2n) is 7.63. The molecule has 3 aromatic rings. The first kappa shape index (κ1) is 20.0. The zero-order chi connectivity index (χ0) is 20.9. The molecule has 6 heteroatoms. The van der Waals surface area contributed by atoms with Gasteiger partial charge in [0.15, 0.2) is 0 Å². The van der Waals surface area contributed by atoms with Crippen LogP contribution in [0, 0.1) is 0 Å². The third kappa shape index (κ3) is 4.19. The van der Waals surface area contributed by atoms with Crippen LogP contribution in [0.2, 0.25) is 0 Å². The van der Waals surface area contributed by atoms with E-state index in [-0.39, 0.29) is 17.5 Å². The first-order chi connectivity index (χ1) is 14.7. The van der Waals surface area contributed by atoms with Crippen LogP contribution in [0.1, 0.15) is 34.5 Å². The molecule has 154 valence electrons. The number of pyridine rings is 2. The largest absolute Gasteiger partial charge is 0.349 e. The molecule has 0 saturated carbocycles. The van der Waals surface area contributed by atoms with Crippen molar-refractivity contribution in [1.82, 2.24) is 14.9 Å². The SMILES string of the molecule is NCC[C@H](Cc1ccccc1)NC(=O)c1cc(-c2ccccn2)c(=O)n2c1CCC2. The summed E-state index contributed by atoms with van der Waals surface area (Å²) in [6.45, 7) is 1.12. The number of carbonyl (C=O) groups is 1. The van der Waals surface area contributed by atoms with E-state index in [4.69, 9.17) is 5.73 Å². The number of benzene rings is 1. The number of nitrogens with two attached hydrogens (primary N) is 1. The first-order valence-corrected chi connectivity index (χ1v) is 10.4. The van der Waals surface area contributed by atoms with Gasteiger partial charge < -0.3 is 15.6 Å². The summed E-state index contributed by atoms with van der Waals surface area (Å²) in [5.74, 6) is -0.160. The lowest BCUT2D eigenvalue weighted by molar-refractivity contribution is 0.0934. The van der Waals surface area contributed by atoms with Crippen molar-refractivity contribution in [1.29, 1.82) is 0 Å². The van der Waals surface area contributed by atoms with E-state index in [2.05, 4.69) is 22.4 Å². The molecule has 0 spiro atoms. The van der Waals surface area contributed by atoms with Crippen LogP contribution in [0.4, 0.5) is 0 Å². The van der Waals surface area contributed by atoms with Gasteiger partial charge in [0.25, 0.3) is 11.5 Å². The third-order valence-corrected chi connectivity index (χ3v) is 5.56. The second kappa shape index (κ2) is 9.05. The van der Waals surface area contributed by atoms with Crippen LogP contribution in [0.25, 0.3) is 11.3 Å². The molecule has 1 aromatic carbocycles. The van der Waals surface area contributed by atoms with Crippen molar-refractivity contribution >= 4 is 5.91 Å². The minimum absolute atomic E-state index is 0.0721. The predicted octanol–water partition coefficient (Wildman–Crippen LogP) is 2.55. The van der Waals surface area contributed by atoms with Crippen molar-refractivity contribution in [3.05, 3.63) is 88.0 Å². The number of rotatable bonds is 7. The Morgan fingerprint density at radius 2 is 1.97 bits per heavy atom. The number of hydrogen-bond donors (Lipinski definition) is 2. The van der Waals surface area contributed by atoms with Gasteiger partial charge in [-0.25, -0.2) is 0 Å². The minimum atomic E-state index is -0.160. The smallest absolute Gasteiger partial charge is 0.260 e. The quantitative estimate of drug-likeness (QED) is 0.636. The first-order valence-electron chi connectivity index (χ1n) is 10.4. The van der Waals surface area contributed by atoms with Crippen molar-refractivity contribution in [2.45, 2.75) is 38.3 Å². The Morgan fingerprint density at radius 1 is 1.17 bits per heavy atom. The lowest BCUT2D eigenvalue weighted by atomic mass is 10.0. The fourth-order valence-corrected chi connectivity index (χ4v) is 4.10. The highest BCUT2D eigenvalue weighted by Crippen LogP contribution is 2.22. The summed E-state index contributed by atoms with van der Waals surface area (Å²) in [4.78, 5) is 30.6. The molecule has 0 aliphatic carbocycles. The Kier molecular flexibility index (Phi) is 6.05. The van der Waals surface area contributed by atoms with E-state index in [1.54, 1.807) is 22.9 Å². The molecule has 4 rings (SSSR count). The van der Waals surface area contributed by atoms with Crippen molar-refractivity contribution in [2.24, 2.45) is 5.73 Å². The second-order valence-corrected chi connectivity index (χ2v) is 7.63. The molecule has 1 aliphatic heterocycles. The van der Waals surface area contributed by atoms with Crippen LogP contribution in [-0.4, -0.2) is 28.0 Å². The highest BCUT2D eigenvalue weighted by atomic mass is 16.2. The fraction of sp³-hybridized carbons (Fsp3) is 0.292. The molecule has 0 fully saturated rings. The van der Waals surface area contributed by atoms with E-state index in [0.29, 0.717) is 42.8 Å². The Morgan fingerprint density at radius 3 is 2.70 bits per heavy atom. The van der Waals surface area contributed by atoms with E-state index in [0.717, 1.165) is 24.1 Å². The van der Waals surface area contributed by atoms with Gasteiger partial charge in [0.05, 0.1) is 16.8 Å². The average molecular weight is 402 g/mol. The number of amides is 1. The number of nitrogens with one attached hydrogen (secondary N) is 1. The monoisotopic (exact) mass is 402 g/mol. The van der Waals surface area contributed by atoms with E-state index in [1.807, 2.05) is 30.3 Å². The lowest BCUT2D eigenvalue weighted by Gasteiger charge is -2.20. The van der Waals surface area contributed by atoms with Crippen LogP contribution in [0.5, 0.6) is 0 Å². The standard InChI is InChI=1S/C24H26N4O2/c25-12-11-18(15-17-7-2-1-3-8-17)27-23(29)20-16-19(21-9-4-5-13-26-21)24(30)28-14-6-10-22(20)28/h1-5,7-9,13,16,18H,6,10-12,14-15,25H2,(H,27,29)/t18-/m1/s1. The lowest BCUT2D eigenvalue weighted by Crippen LogP contribution is -2.39. The molecule has 3 N–H and O–H groups in total. The van der Waals surface area contributed by atoms with Gasteiger partial charge in [-0.2, -0.15) is 0 Å². The molecule has 1 aliphatic rings. The normalized spacial score (nSPS) is 13.6. The van der Waals surface area contributed by atoms with Gasteiger partial charge in [0, 0.05) is 24.5 Å². The van der Waals surface area contributed by atoms with Crippen LogP contribution < -0.4 is 16.6 Å². The predicted molar refractivity (Wildman–Crippen MR) is 117 cm³/mol. The van der Waals surface area contributed by atoms with Crippen LogP contribution in [-0.2, 0) is 19.4 Å². The van der Waals surface area contributed by atoms with Crippen LogP contribution >= 0.6 is 0 Å². The number of aromatic nitrogens is 2. The van der Waals surface area contributed by atoms with Gasteiger partial charge in [-0.3, -0.25) is 14.6 Å². The summed E-state index contributed by atoms with van der Waals surface area (Å²) in [5.41, 5.74) is 9.29. The van der Waals surface area contributed by atoms with Gasteiger partial charge in [0.1, 0.15) is 0 Å². The molecule has 6 nitrogen and oxygen atoms in total. The molecule has 3 heterocycles. The summed E-state index contributed by atoms with van der Waals surface area (Å²) < 4.78 is 1.73. The van der Waals surface area contributed by atoms with Gasteiger partial charge in [-0.05, 0) is 56.0 Å². The summed E-state index contributed by atoms with van der Waals surface area (Å²) in [5, 5.41) is 3.16. The van der Waals surface area contributed by atoms with E-state index < -0.39 is 0 Å². The maximum absolute atomic E-state index is 13.3. The van der Waals surface area contributed by atoms with Gasteiger partial charge in [0.2, 0.25) is 0 Å². The van der Waals surface area contributed by atoms with Crippen molar-refractivity contribution in [2.75, 3.05) is 6.54 Å². The Labute approximate surface area is 175 Å². The van der Waals surface area contributed by atoms with Crippen molar-refractivity contribution in [3.63, 3.8) is 0 Å². The maximum atomic E-state index is 13.3. The summed E-state index contributed by atoms with van der Waals surface area (Å²) in [6, 6.07) is 17.1. The summed E-state index contributed by atoms with van der Waals surface area (Å²) in [7, 11) is 0. The van der Waals surface area contributed by atoms with Gasteiger partial charge in [-0.1, -0.05) is 36.4 Å². The molecule has 0 unspecified atom stereocenters. The van der Waals surface area contributed by atoms with Gasteiger partial charge >= 0.3 is 0 Å². The van der Waals surface area contributed by atoms with Gasteiger partial charge in [-0.15, -0.1) is 0 Å². The van der Waals surface area contributed by atoms with E-state index in [9.17, 15) is 9.59 Å². The van der Waals surface area contributed by atoms with Crippen LogP contribution in [0.15, 0.2) is 65.6 Å². The van der Waals surface area contributed by atoms with Crippen molar-refractivity contribution < 1.29 is 4.79 Å². The van der Waals surface area contributed by atoms with E-state index >= 15 is 0 Å². The minimum Gasteiger partial charge on any atom is -0.349 e. The number of carbonyl (C=O) groups excluding carboxylic acids is 1.